The maximum atomic E-state index is 2.40. The van der Waals surface area contributed by atoms with Crippen molar-refractivity contribution in [3.05, 3.63) is 76.9 Å². The van der Waals surface area contributed by atoms with Crippen LogP contribution in [0.3, 0.4) is 0 Å². The Morgan fingerprint density at radius 1 is 1.00 bits per heavy atom. The van der Waals surface area contributed by atoms with Gasteiger partial charge in [0.1, 0.15) is 0 Å². The van der Waals surface area contributed by atoms with Crippen LogP contribution in [-0.2, 0) is 19.4 Å². The van der Waals surface area contributed by atoms with Crippen LogP contribution >= 0.6 is 0 Å². The molecule has 0 N–H and O–H groups in total. The van der Waals surface area contributed by atoms with E-state index in [9.17, 15) is 0 Å². The average molecular weight is 277 g/mol. The lowest BCUT2D eigenvalue weighted by Crippen LogP contribution is -2.17. The van der Waals surface area contributed by atoms with E-state index in [-0.39, 0.29) is 0 Å². The highest BCUT2D eigenvalue weighted by Crippen LogP contribution is 2.23. The Bertz CT molecular complexity index is 613. The molecular weight excluding hydrogens is 254 g/mol. The minimum Gasteiger partial charge on any atom is -0.298 e. The number of rotatable bonds is 5. The van der Waals surface area contributed by atoms with Crippen LogP contribution in [-0.4, -0.2) is 18.5 Å². The first-order chi connectivity index (χ1) is 10.3. The number of likely N-dealkylation sites (N-methyl/N-ethyl adjacent to an activating group) is 1. The summed E-state index contributed by atoms with van der Waals surface area (Å²) in [6, 6.07) is 17.5. The van der Waals surface area contributed by atoms with Gasteiger partial charge in [0.15, 0.2) is 0 Å². The minimum atomic E-state index is 0.978. The Balaban J connectivity index is 1.54. The Kier molecular flexibility index (Phi) is 4.52. The van der Waals surface area contributed by atoms with E-state index >= 15 is 0 Å². The van der Waals surface area contributed by atoms with Gasteiger partial charge in [0.25, 0.3) is 0 Å². The fourth-order valence-corrected chi connectivity index (χ4v) is 3.03. The molecule has 0 aliphatic heterocycles. The van der Waals surface area contributed by atoms with Gasteiger partial charge in [-0.1, -0.05) is 60.7 Å². The molecule has 21 heavy (non-hydrogen) atoms. The van der Waals surface area contributed by atoms with Crippen molar-refractivity contribution in [2.45, 2.75) is 25.8 Å². The van der Waals surface area contributed by atoms with Crippen molar-refractivity contribution >= 4 is 6.08 Å². The summed E-state index contributed by atoms with van der Waals surface area (Å²) < 4.78 is 0. The van der Waals surface area contributed by atoms with Gasteiger partial charge >= 0.3 is 0 Å². The van der Waals surface area contributed by atoms with Gasteiger partial charge in [-0.2, -0.15) is 0 Å². The zero-order chi connectivity index (χ0) is 14.5. The maximum absolute atomic E-state index is 2.40. The van der Waals surface area contributed by atoms with Crippen molar-refractivity contribution in [3.63, 3.8) is 0 Å². The van der Waals surface area contributed by atoms with Crippen LogP contribution in [0.4, 0.5) is 0 Å². The predicted octanol–water partition coefficient (Wildman–Crippen LogP) is 4.32. The van der Waals surface area contributed by atoms with Gasteiger partial charge in [-0.3, -0.25) is 4.90 Å². The highest BCUT2D eigenvalue weighted by molar-refractivity contribution is 5.48. The van der Waals surface area contributed by atoms with Crippen LogP contribution in [0.15, 0.2) is 54.6 Å². The van der Waals surface area contributed by atoms with E-state index in [1.807, 2.05) is 0 Å². The Labute approximate surface area is 127 Å². The van der Waals surface area contributed by atoms with Crippen molar-refractivity contribution in [2.75, 3.05) is 13.6 Å². The second kappa shape index (κ2) is 6.73. The van der Waals surface area contributed by atoms with Crippen molar-refractivity contribution in [3.8, 4) is 0 Å². The molecule has 0 bridgehead atoms. The third-order valence-corrected chi connectivity index (χ3v) is 4.14. The van der Waals surface area contributed by atoms with Crippen LogP contribution in [0.2, 0.25) is 0 Å². The number of hydrogen-bond acceptors (Lipinski definition) is 1. The zero-order valence-corrected chi connectivity index (χ0v) is 12.8. The molecule has 0 saturated carbocycles. The third kappa shape index (κ3) is 3.83. The number of aryl methyl sites for hydroxylation is 2. The van der Waals surface area contributed by atoms with Gasteiger partial charge in [0, 0.05) is 13.1 Å². The second-order valence-electron chi connectivity index (χ2n) is 5.97. The summed E-state index contributed by atoms with van der Waals surface area (Å²) in [6.07, 6.45) is 8.29. The van der Waals surface area contributed by atoms with Crippen LogP contribution in [0.5, 0.6) is 0 Å². The van der Waals surface area contributed by atoms with Crippen molar-refractivity contribution in [2.24, 2.45) is 0 Å². The largest absolute Gasteiger partial charge is 0.298 e. The monoisotopic (exact) mass is 277 g/mol. The molecule has 0 spiro atoms. The van der Waals surface area contributed by atoms with Crippen LogP contribution < -0.4 is 0 Å². The first-order valence-electron chi connectivity index (χ1n) is 7.82. The lowest BCUT2D eigenvalue weighted by atomic mass is 10.1. The van der Waals surface area contributed by atoms with Crippen molar-refractivity contribution < 1.29 is 0 Å². The van der Waals surface area contributed by atoms with Crippen LogP contribution in [0.1, 0.15) is 28.7 Å². The Hall–Kier alpha value is -1.86. The van der Waals surface area contributed by atoms with E-state index in [4.69, 9.17) is 0 Å². The molecule has 0 amide bonds. The molecule has 1 nitrogen and oxygen atoms in total. The molecule has 1 aliphatic carbocycles. The Morgan fingerprint density at radius 3 is 2.67 bits per heavy atom. The predicted molar refractivity (Wildman–Crippen MR) is 90.3 cm³/mol. The lowest BCUT2D eigenvalue weighted by molar-refractivity contribution is 0.364. The molecule has 0 heterocycles. The summed E-state index contributed by atoms with van der Waals surface area (Å²) >= 11 is 0. The SMILES string of the molecule is CN(C/C=C/c1ccccc1)Cc1ccc2c(c1)CCC2. The molecule has 3 rings (SSSR count). The molecular formula is C20H23N. The first-order valence-corrected chi connectivity index (χ1v) is 7.82. The van der Waals surface area contributed by atoms with Gasteiger partial charge in [-0.05, 0) is 48.6 Å². The lowest BCUT2D eigenvalue weighted by Gasteiger charge is -2.15. The van der Waals surface area contributed by atoms with E-state index < -0.39 is 0 Å². The molecule has 0 saturated heterocycles. The molecule has 1 heteroatoms. The fourth-order valence-electron chi connectivity index (χ4n) is 3.03. The van der Waals surface area contributed by atoms with E-state index in [0.29, 0.717) is 0 Å². The van der Waals surface area contributed by atoms with Gasteiger partial charge < -0.3 is 0 Å². The summed E-state index contributed by atoms with van der Waals surface area (Å²) in [5, 5.41) is 0. The smallest absolute Gasteiger partial charge is 0.0234 e. The van der Waals surface area contributed by atoms with Crippen molar-refractivity contribution in [1.82, 2.24) is 4.90 Å². The molecule has 2 aromatic carbocycles. The normalized spacial score (nSPS) is 14.0. The molecule has 0 aromatic heterocycles. The third-order valence-electron chi connectivity index (χ3n) is 4.14. The molecule has 1 aliphatic rings. The summed E-state index contributed by atoms with van der Waals surface area (Å²) in [4.78, 5) is 2.36. The molecule has 0 atom stereocenters. The van der Waals surface area contributed by atoms with Gasteiger partial charge in [0.05, 0.1) is 0 Å². The molecule has 2 aromatic rings. The molecule has 0 fully saturated rings. The summed E-state index contributed by atoms with van der Waals surface area (Å²) in [6.45, 7) is 2.00. The number of benzene rings is 2. The van der Waals surface area contributed by atoms with Crippen LogP contribution in [0.25, 0.3) is 6.08 Å². The van der Waals surface area contributed by atoms with Gasteiger partial charge in [0.2, 0.25) is 0 Å². The second-order valence-corrected chi connectivity index (χ2v) is 5.97. The molecule has 108 valence electrons. The summed E-state index contributed by atoms with van der Waals surface area (Å²) in [5.41, 5.74) is 5.83. The average Bonchev–Trinajstić information content (AvgIpc) is 2.96. The summed E-state index contributed by atoms with van der Waals surface area (Å²) in [7, 11) is 2.18. The zero-order valence-electron chi connectivity index (χ0n) is 12.8. The van der Waals surface area contributed by atoms with E-state index in [2.05, 4.69) is 72.6 Å². The molecule has 0 unspecified atom stereocenters. The minimum absolute atomic E-state index is 0.978. The number of fused-ring (bicyclic) bond motifs is 1. The molecule has 0 radical (unpaired) electrons. The summed E-state index contributed by atoms with van der Waals surface area (Å²) in [5.74, 6) is 0. The highest BCUT2D eigenvalue weighted by atomic mass is 15.1. The number of hydrogen-bond donors (Lipinski definition) is 0. The van der Waals surface area contributed by atoms with E-state index in [0.717, 1.165) is 13.1 Å². The van der Waals surface area contributed by atoms with Gasteiger partial charge in [-0.15, -0.1) is 0 Å². The van der Waals surface area contributed by atoms with Crippen LogP contribution in [0, 0.1) is 0 Å². The van der Waals surface area contributed by atoms with E-state index in [1.54, 1.807) is 11.1 Å². The highest BCUT2D eigenvalue weighted by Gasteiger charge is 2.11. The first kappa shape index (κ1) is 14.1. The Morgan fingerprint density at radius 2 is 1.81 bits per heavy atom. The number of nitrogens with zero attached hydrogens (tertiary/aromatic N) is 1. The fraction of sp³-hybridized carbons (Fsp3) is 0.300. The topological polar surface area (TPSA) is 3.24 Å². The standard InChI is InChI=1S/C20H23N/c1-21(14-6-9-17-7-3-2-4-8-17)16-18-12-13-19-10-5-11-20(19)15-18/h2-4,6-9,12-13,15H,5,10-11,14,16H2,1H3/b9-6+. The maximum Gasteiger partial charge on any atom is 0.0234 e. The van der Waals surface area contributed by atoms with Crippen molar-refractivity contribution in [1.29, 1.82) is 0 Å². The van der Waals surface area contributed by atoms with E-state index in [1.165, 1.54) is 30.4 Å². The quantitative estimate of drug-likeness (QED) is 0.786. The van der Waals surface area contributed by atoms with Gasteiger partial charge in [-0.25, -0.2) is 0 Å².